The minimum Gasteiger partial charge on any atom is -0.381 e. The molecule has 0 bridgehead atoms. The molecule has 0 unspecified atom stereocenters. The van der Waals surface area contributed by atoms with E-state index in [0.717, 1.165) is 93.3 Å². The highest BCUT2D eigenvalue weighted by atomic mass is 16.5. The van der Waals surface area contributed by atoms with E-state index < -0.39 is 0 Å². The molecule has 35 heavy (non-hydrogen) atoms. The number of anilines is 1. The maximum Gasteiger partial charge on any atom is 0.181 e. The number of carbonyl (C=O) groups is 2. The lowest BCUT2D eigenvalue weighted by Crippen LogP contribution is -2.46. The molecule has 2 aromatic rings. The Labute approximate surface area is 207 Å². The van der Waals surface area contributed by atoms with Gasteiger partial charge in [-0.25, -0.2) is 0 Å². The summed E-state index contributed by atoms with van der Waals surface area (Å²) >= 11 is 0. The van der Waals surface area contributed by atoms with Crippen LogP contribution in [0.1, 0.15) is 59.9 Å². The van der Waals surface area contributed by atoms with E-state index in [1.165, 1.54) is 0 Å². The van der Waals surface area contributed by atoms with E-state index in [0.29, 0.717) is 24.5 Å². The highest BCUT2D eigenvalue weighted by Crippen LogP contribution is 2.24. The predicted molar refractivity (Wildman–Crippen MR) is 135 cm³/mol. The Morgan fingerprint density at radius 1 is 1.14 bits per heavy atom. The largest absolute Gasteiger partial charge is 0.381 e. The third kappa shape index (κ3) is 5.68. The number of carbonyl (C=O) groups excluding carboxylic acids is 2. The predicted octanol–water partition coefficient (Wildman–Crippen LogP) is 3.72. The first-order chi connectivity index (χ1) is 17.1. The molecule has 0 amide bonds. The van der Waals surface area contributed by atoms with Crippen LogP contribution in [0.2, 0.25) is 0 Å². The summed E-state index contributed by atoms with van der Waals surface area (Å²) in [6, 6.07) is 6.04. The summed E-state index contributed by atoms with van der Waals surface area (Å²) in [5.41, 5.74) is 5.65. The Balaban J connectivity index is 1.12. The third-order valence-corrected chi connectivity index (χ3v) is 7.44. The van der Waals surface area contributed by atoms with Gasteiger partial charge in [0.15, 0.2) is 11.6 Å². The summed E-state index contributed by atoms with van der Waals surface area (Å²) in [4.78, 5) is 38.6. The van der Waals surface area contributed by atoms with Crippen LogP contribution >= 0.6 is 0 Å². The van der Waals surface area contributed by atoms with Crippen molar-refractivity contribution in [2.24, 2.45) is 5.92 Å². The molecule has 0 radical (unpaired) electrons. The number of piperazine rings is 1. The standard InChI is InChI=1S/C28H34N4O3/c1-2-22-14-26-23(15-28(22)34)13-21(16-29-26)18-31-8-10-32(11-9-31)24-4-5-25(30-17-24)27(33)6-3-20-7-12-35-19-20/h4-5,13-14,16-17,20H,2-3,6-12,15,18-19H2,1H3/t20-/m0/s1. The molecule has 3 aliphatic rings. The van der Waals surface area contributed by atoms with Crippen molar-refractivity contribution < 1.29 is 14.3 Å². The third-order valence-electron chi connectivity index (χ3n) is 7.44. The van der Waals surface area contributed by atoms with Crippen molar-refractivity contribution in [2.75, 3.05) is 44.3 Å². The first-order valence-electron chi connectivity index (χ1n) is 12.8. The van der Waals surface area contributed by atoms with Gasteiger partial charge >= 0.3 is 0 Å². The number of Topliss-reactive ketones (excluding diaryl/α,β-unsaturated/α-hetero) is 2. The molecule has 2 aliphatic heterocycles. The summed E-state index contributed by atoms with van der Waals surface area (Å²) in [6.07, 6.45) is 9.44. The van der Waals surface area contributed by atoms with Crippen LogP contribution < -0.4 is 4.90 Å². The Bertz CT molecular complexity index is 1100. The van der Waals surface area contributed by atoms with Gasteiger partial charge in [0.1, 0.15) is 5.69 Å². The van der Waals surface area contributed by atoms with Gasteiger partial charge in [0.05, 0.1) is 17.6 Å². The zero-order chi connectivity index (χ0) is 24.2. The van der Waals surface area contributed by atoms with Crippen molar-refractivity contribution in [3.63, 3.8) is 0 Å². The van der Waals surface area contributed by atoms with E-state index in [1.54, 1.807) is 0 Å². The van der Waals surface area contributed by atoms with E-state index >= 15 is 0 Å². The molecule has 7 heteroatoms. The molecule has 1 atom stereocenters. The fraction of sp³-hybridized carbons (Fsp3) is 0.500. The average Bonchev–Trinajstić information content (AvgIpc) is 3.41. The smallest absolute Gasteiger partial charge is 0.181 e. The van der Waals surface area contributed by atoms with E-state index in [4.69, 9.17) is 4.74 Å². The Morgan fingerprint density at radius 3 is 2.71 bits per heavy atom. The van der Waals surface area contributed by atoms with Crippen molar-refractivity contribution >= 4 is 23.3 Å². The van der Waals surface area contributed by atoms with Crippen LogP contribution in [-0.2, 0) is 22.5 Å². The molecular weight excluding hydrogens is 440 g/mol. The van der Waals surface area contributed by atoms with Crippen LogP contribution in [0.4, 0.5) is 5.69 Å². The van der Waals surface area contributed by atoms with Gasteiger partial charge in [0.25, 0.3) is 0 Å². The fourth-order valence-corrected chi connectivity index (χ4v) is 5.19. The summed E-state index contributed by atoms with van der Waals surface area (Å²) < 4.78 is 5.40. The molecule has 0 spiro atoms. The van der Waals surface area contributed by atoms with E-state index in [2.05, 4.69) is 25.8 Å². The summed E-state index contributed by atoms with van der Waals surface area (Å²) in [5.74, 6) is 0.854. The number of ketones is 2. The minimum atomic E-state index is 0.120. The summed E-state index contributed by atoms with van der Waals surface area (Å²) in [7, 11) is 0. The number of nitrogens with zero attached hydrogens (tertiary/aromatic N) is 4. The average molecular weight is 475 g/mol. The molecule has 2 fully saturated rings. The fourth-order valence-electron chi connectivity index (χ4n) is 5.19. The first kappa shape index (κ1) is 23.8. The maximum absolute atomic E-state index is 12.5. The van der Waals surface area contributed by atoms with E-state index in [9.17, 15) is 9.59 Å². The van der Waals surface area contributed by atoms with Crippen LogP contribution in [0.5, 0.6) is 0 Å². The SMILES string of the molecule is CCC1=Cc2ncc(CN3CCN(c4ccc(C(=O)CC[C@H]5CCOC5)nc4)CC3)cc2CC1=O. The minimum absolute atomic E-state index is 0.120. The quantitative estimate of drug-likeness (QED) is 0.540. The summed E-state index contributed by atoms with van der Waals surface area (Å²) in [6.45, 7) is 8.17. The maximum atomic E-state index is 12.5. The van der Waals surface area contributed by atoms with Crippen molar-refractivity contribution in [3.8, 4) is 0 Å². The number of ether oxygens (including phenoxy) is 1. The van der Waals surface area contributed by atoms with Gasteiger partial charge in [-0.2, -0.15) is 0 Å². The number of hydrogen-bond donors (Lipinski definition) is 0. The monoisotopic (exact) mass is 474 g/mol. The number of hydrogen-bond acceptors (Lipinski definition) is 7. The number of pyridine rings is 2. The molecule has 4 heterocycles. The zero-order valence-electron chi connectivity index (χ0n) is 20.5. The van der Waals surface area contributed by atoms with Crippen LogP contribution in [0.25, 0.3) is 6.08 Å². The van der Waals surface area contributed by atoms with Gasteiger partial charge in [0, 0.05) is 65.0 Å². The molecule has 7 nitrogen and oxygen atoms in total. The lowest BCUT2D eigenvalue weighted by Gasteiger charge is -2.36. The second-order valence-corrected chi connectivity index (χ2v) is 9.87. The molecule has 2 aromatic heterocycles. The molecule has 0 aromatic carbocycles. The number of fused-ring (bicyclic) bond motifs is 1. The van der Waals surface area contributed by atoms with Gasteiger partial charge < -0.3 is 9.64 Å². The molecule has 5 rings (SSSR count). The lowest BCUT2D eigenvalue weighted by molar-refractivity contribution is -0.115. The number of rotatable bonds is 8. The van der Waals surface area contributed by atoms with Crippen LogP contribution in [0, 0.1) is 5.92 Å². The van der Waals surface area contributed by atoms with E-state index in [-0.39, 0.29) is 11.6 Å². The van der Waals surface area contributed by atoms with Gasteiger partial charge in [-0.15, -0.1) is 0 Å². The van der Waals surface area contributed by atoms with E-state index in [1.807, 2.05) is 37.5 Å². The second kappa shape index (κ2) is 10.8. The number of allylic oxidation sites excluding steroid dienone is 1. The molecule has 1 aliphatic carbocycles. The Morgan fingerprint density at radius 2 is 2.00 bits per heavy atom. The van der Waals surface area contributed by atoms with Crippen LogP contribution in [0.3, 0.4) is 0 Å². The summed E-state index contributed by atoms with van der Waals surface area (Å²) in [5, 5.41) is 0. The molecule has 2 saturated heterocycles. The van der Waals surface area contributed by atoms with Crippen molar-refractivity contribution in [3.05, 3.63) is 58.7 Å². The van der Waals surface area contributed by atoms with Gasteiger partial charge in [-0.1, -0.05) is 13.0 Å². The van der Waals surface area contributed by atoms with Gasteiger partial charge in [-0.3, -0.25) is 24.5 Å². The Hall–Kier alpha value is -2.90. The highest BCUT2D eigenvalue weighted by Gasteiger charge is 2.22. The second-order valence-electron chi connectivity index (χ2n) is 9.87. The molecule has 0 saturated carbocycles. The highest BCUT2D eigenvalue weighted by molar-refractivity contribution is 6.03. The Kier molecular flexibility index (Phi) is 7.35. The van der Waals surface area contributed by atoms with Crippen LogP contribution in [-0.4, -0.2) is 65.8 Å². The molecule has 184 valence electrons. The molecular formula is C28H34N4O3. The number of aromatic nitrogens is 2. The van der Waals surface area contributed by atoms with Gasteiger partial charge in [0.2, 0.25) is 0 Å². The van der Waals surface area contributed by atoms with Crippen LogP contribution in [0.15, 0.2) is 36.2 Å². The normalized spacial score (nSPS) is 20.6. The van der Waals surface area contributed by atoms with Crippen molar-refractivity contribution in [1.29, 1.82) is 0 Å². The topological polar surface area (TPSA) is 75.6 Å². The molecule has 0 N–H and O–H groups in total. The zero-order valence-corrected chi connectivity index (χ0v) is 20.5. The van der Waals surface area contributed by atoms with Gasteiger partial charge in [-0.05, 0) is 60.1 Å². The van der Waals surface area contributed by atoms with Crippen molar-refractivity contribution in [1.82, 2.24) is 14.9 Å². The lowest BCUT2D eigenvalue weighted by atomic mass is 9.92. The first-order valence-corrected chi connectivity index (χ1v) is 12.8. The van der Waals surface area contributed by atoms with Crippen molar-refractivity contribution in [2.45, 2.75) is 45.6 Å².